The Bertz CT molecular complexity index is 518. The molecule has 104 valence electrons. The fourth-order valence-electron chi connectivity index (χ4n) is 1.73. The summed E-state index contributed by atoms with van der Waals surface area (Å²) < 4.78 is 8.97. The zero-order valence-corrected chi connectivity index (χ0v) is 11.6. The quantitative estimate of drug-likeness (QED) is 0.719. The van der Waals surface area contributed by atoms with Gasteiger partial charge in [0.2, 0.25) is 0 Å². The highest BCUT2D eigenvalue weighted by atomic mass is 16.5. The number of hydrogen-bond donors (Lipinski definition) is 1. The predicted octanol–water partition coefficient (Wildman–Crippen LogP) is 0.104. The zero-order chi connectivity index (χ0) is 13.7. The number of nitrogens with one attached hydrogen (secondary N) is 1. The third kappa shape index (κ3) is 3.62. The van der Waals surface area contributed by atoms with E-state index in [9.17, 15) is 0 Å². The molecule has 0 radical (unpaired) electrons. The summed E-state index contributed by atoms with van der Waals surface area (Å²) in [6.45, 7) is 4.90. The van der Waals surface area contributed by atoms with Gasteiger partial charge < -0.3 is 19.2 Å². The van der Waals surface area contributed by atoms with Crippen LogP contribution in [0.25, 0.3) is 0 Å². The highest BCUT2D eigenvalue weighted by Crippen LogP contribution is 2.02. The van der Waals surface area contributed by atoms with Gasteiger partial charge in [0.15, 0.2) is 5.82 Å². The van der Waals surface area contributed by atoms with E-state index in [0.29, 0.717) is 13.2 Å². The van der Waals surface area contributed by atoms with Crippen molar-refractivity contribution in [1.82, 2.24) is 29.6 Å². The molecule has 1 N–H and O–H groups in total. The molecule has 7 nitrogen and oxygen atoms in total. The second-order valence-electron chi connectivity index (χ2n) is 4.43. The first-order valence-electron chi connectivity index (χ1n) is 6.26. The summed E-state index contributed by atoms with van der Waals surface area (Å²) >= 11 is 0. The van der Waals surface area contributed by atoms with Crippen LogP contribution in [0.1, 0.15) is 17.3 Å². The van der Waals surface area contributed by atoms with Crippen LogP contribution in [0.2, 0.25) is 0 Å². The monoisotopic (exact) mass is 264 g/mol. The minimum atomic E-state index is 0.683. The molecule has 0 amide bonds. The molecule has 0 saturated carbocycles. The molecule has 0 spiro atoms. The molecule has 0 unspecified atom stereocenters. The topological polar surface area (TPSA) is 69.8 Å². The van der Waals surface area contributed by atoms with E-state index >= 15 is 0 Å². The smallest absolute Gasteiger partial charge is 0.152 e. The van der Waals surface area contributed by atoms with Crippen molar-refractivity contribution < 1.29 is 4.74 Å². The Hall–Kier alpha value is -1.73. The number of ether oxygens (including phenoxy) is 1. The molecule has 0 fully saturated rings. The van der Waals surface area contributed by atoms with Gasteiger partial charge in [0.25, 0.3) is 0 Å². The summed E-state index contributed by atoms with van der Waals surface area (Å²) in [5.41, 5.74) is 1.01. The third-order valence-corrected chi connectivity index (χ3v) is 2.98. The largest absolute Gasteiger partial charge is 0.383 e. The van der Waals surface area contributed by atoms with Crippen molar-refractivity contribution in [1.29, 1.82) is 0 Å². The summed E-state index contributed by atoms with van der Waals surface area (Å²) in [6, 6.07) is 0. The minimum absolute atomic E-state index is 0.683. The van der Waals surface area contributed by atoms with Gasteiger partial charge >= 0.3 is 0 Å². The van der Waals surface area contributed by atoms with E-state index in [1.807, 2.05) is 35.6 Å². The van der Waals surface area contributed by atoms with E-state index in [1.165, 1.54) is 0 Å². The van der Waals surface area contributed by atoms with Crippen LogP contribution in [-0.4, -0.2) is 44.6 Å². The Labute approximate surface area is 112 Å². The molecule has 0 saturated heterocycles. The Morgan fingerprint density at radius 3 is 2.89 bits per heavy atom. The van der Waals surface area contributed by atoms with Gasteiger partial charge in [-0.15, -0.1) is 10.2 Å². The molecule has 19 heavy (non-hydrogen) atoms. The first kappa shape index (κ1) is 13.7. The molecule has 2 rings (SSSR count). The summed E-state index contributed by atoms with van der Waals surface area (Å²) in [7, 11) is 3.66. The lowest BCUT2D eigenvalue weighted by Gasteiger charge is -2.02. The van der Waals surface area contributed by atoms with Gasteiger partial charge in [-0.2, -0.15) is 0 Å². The number of imidazole rings is 1. The van der Waals surface area contributed by atoms with Crippen LogP contribution in [0.3, 0.4) is 0 Å². The summed E-state index contributed by atoms with van der Waals surface area (Å²) in [5, 5.41) is 11.4. The van der Waals surface area contributed by atoms with Gasteiger partial charge in [-0.25, -0.2) is 4.98 Å². The maximum Gasteiger partial charge on any atom is 0.152 e. The van der Waals surface area contributed by atoms with E-state index in [1.54, 1.807) is 7.11 Å². The first-order chi connectivity index (χ1) is 9.20. The Morgan fingerprint density at radius 1 is 1.37 bits per heavy atom. The fourth-order valence-corrected chi connectivity index (χ4v) is 1.73. The molecule has 2 aromatic rings. The van der Waals surface area contributed by atoms with Crippen molar-refractivity contribution in [3.05, 3.63) is 29.9 Å². The van der Waals surface area contributed by atoms with Crippen molar-refractivity contribution in [3.8, 4) is 0 Å². The molecular formula is C12H20N6O. The maximum atomic E-state index is 4.97. The molecule has 0 aromatic carbocycles. The molecule has 0 bridgehead atoms. The van der Waals surface area contributed by atoms with Crippen LogP contribution in [0.15, 0.2) is 12.5 Å². The van der Waals surface area contributed by atoms with Crippen LogP contribution in [-0.2, 0) is 24.9 Å². The van der Waals surface area contributed by atoms with Crippen molar-refractivity contribution in [3.63, 3.8) is 0 Å². The molecule has 7 heteroatoms. The standard InChI is InChI=1S/C12H20N6O/c1-10-15-16-12(17(10)2)8-18-7-11(14-9-18)6-13-4-5-19-3/h7,9,13H,4-6,8H2,1-3H3. The lowest BCUT2D eigenvalue weighted by Crippen LogP contribution is -2.18. The molecule has 0 aliphatic carbocycles. The van der Waals surface area contributed by atoms with Crippen LogP contribution >= 0.6 is 0 Å². The second kappa shape index (κ2) is 6.44. The lowest BCUT2D eigenvalue weighted by atomic mass is 10.4. The van der Waals surface area contributed by atoms with Crippen LogP contribution in [0.5, 0.6) is 0 Å². The molecule has 2 aromatic heterocycles. The summed E-state index contributed by atoms with van der Waals surface area (Å²) in [5.74, 6) is 1.84. The van der Waals surface area contributed by atoms with Crippen molar-refractivity contribution in [2.24, 2.45) is 7.05 Å². The normalized spacial score (nSPS) is 11.1. The number of nitrogens with zero attached hydrogens (tertiary/aromatic N) is 5. The Morgan fingerprint density at radius 2 is 2.21 bits per heavy atom. The average molecular weight is 264 g/mol. The van der Waals surface area contributed by atoms with Gasteiger partial charge in [0.05, 0.1) is 25.2 Å². The first-order valence-corrected chi connectivity index (χ1v) is 6.26. The van der Waals surface area contributed by atoms with Gasteiger partial charge in [-0.1, -0.05) is 0 Å². The van der Waals surface area contributed by atoms with Crippen molar-refractivity contribution in [2.45, 2.75) is 20.0 Å². The van der Waals surface area contributed by atoms with Crippen molar-refractivity contribution in [2.75, 3.05) is 20.3 Å². The molecule has 0 atom stereocenters. The van der Waals surface area contributed by atoms with E-state index in [0.717, 1.165) is 30.4 Å². The van der Waals surface area contributed by atoms with Crippen LogP contribution < -0.4 is 5.32 Å². The average Bonchev–Trinajstić information content (AvgIpc) is 2.97. The van der Waals surface area contributed by atoms with Crippen LogP contribution in [0, 0.1) is 6.92 Å². The van der Waals surface area contributed by atoms with E-state index in [4.69, 9.17) is 4.74 Å². The molecule has 2 heterocycles. The number of rotatable bonds is 7. The van der Waals surface area contributed by atoms with Gasteiger partial charge in [-0.05, 0) is 6.92 Å². The highest BCUT2D eigenvalue weighted by Gasteiger charge is 2.06. The summed E-state index contributed by atoms with van der Waals surface area (Å²) in [6.07, 6.45) is 3.83. The predicted molar refractivity (Wildman–Crippen MR) is 70.7 cm³/mol. The number of aryl methyl sites for hydroxylation is 1. The van der Waals surface area contributed by atoms with Gasteiger partial charge in [0.1, 0.15) is 5.82 Å². The SMILES string of the molecule is COCCNCc1cn(Cc2nnc(C)n2C)cn1. The van der Waals surface area contributed by atoms with E-state index in [2.05, 4.69) is 20.5 Å². The van der Waals surface area contributed by atoms with Crippen molar-refractivity contribution >= 4 is 0 Å². The Balaban J connectivity index is 1.88. The highest BCUT2D eigenvalue weighted by molar-refractivity contribution is 5.00. The number of hydrogen-bond acceptors (Lipinski definition) is 5. The lowest BCUT2D eigenvalue weighted by molar-refractivity contribution is 0.199. The number of aromatic nitrogens is 5. The summed E-state index contributed by atoms with van der Waals surface area (Å²) in [4.78, 5) is 4.35. The zero-order valence-electron chi connectivity index (χ0n) is 11.6. The fraction of sp³-hybridized carbons (Fsp3) is 0.583. The maximum absolute atomic E-state index is 4.97. The minimum Gasteiger partial charge on any atom is -0.383 e. The van der Waals surface area contributed by atoms with Gasteiger partial charge in [-0.3, -0.25) is 0 Å². The Kier molecular flexibility index (Phi) is 4.64. The third-order valence-electron chi connectivity index (χ3n) is 2.98. The van der Waals surface area contributed by atoms with Crippen LogP contribution in [0.4, 0.5) is 0 Å². The van der Waals surface area contributed by atoms with Gasteiger partial charge in [0, 0.05) is 33.4 Å². The molecule has 0 aliphatic heterocycles. The van der Waals surface area contributed by atoms with E-state index < -0.39 is 0 Å². The molecular weight excluding hydrogens is 244 g/mol. The molecule has 0 aliphatic rings. The number of methoxy groups -OCH3 is 1. The van der Waals surface area contributed by atoms with E-state index in [-0.39, 0.29) is 0 Å². The second-order valence-corrected chi connectivity index (χ2v) is 4.43.